The van der Waals surface area contributed by atoms with Gasteiger partial charge in [-0.3, -0.25) is 0 Å². The van der Waals surface area contributed by atoms with Crippen LogP contribution in [-0.2, 0) is 0 Å². The summed E-state index contributed by atoms with van der Waals surface area (Å²) in [4.78, 5) is 19.9. The Kier molecular flexibility index (Phi) is 5.41. The molecule has 0 aliphatic heterocycles. The van der Waals surface area contributed by atoms with E-state index in [9.17, 15) is 0 Å². The zero-order chi connectivity index (χ0) is 25.3. The summed E-state index contributed by atoms with van der Waals surface area (Å²) in [5.74, 6) is 1.35. The number of aromatic nitrogens is 4. The molecule has 7 aromatic rings. The van der Waals surface area contributed by atoms with Gasteiger partial charge in [-0.1, -0.05) is 115 Å². The van der Waals surface area contributed by atoms with Gasteiger partial charge in [0.25, 0.3) is 0 Å². The highest BCUT2D eigenvalue weighted by Gasteiger charge is 2.14. The molecule has 2 aromatic heterocycles. The zero-order valence-electron chi connectivity index (χ0n) is 20.5. The summed E-state index contributed by atoms with van der Waals surface area (Å²) in [6.45, 7) is 0. The highest BCUT2D eigenvalue weighted by atomic mass is 14.9. The third kappa shape index (κ3) is 3.98. The van der Waals surface area contributed by atoms with Gasteiger partial charge in [0.2, 0.25) is 0 Å². The number of para-hydroxylation sites is 2. The summed E-state index contributed by atoms with van der Waals surface area (Å²) >= 11 is 0. The van der Waals surface area contributed by atoms with Crippen LogP contribution in [0.2, 0.25) is 0 Å². The van der Waals surface area contributed by atoms with Crippen LogP contribution in [0.5, 0.6) is 0 Å². The highest BCUT2D eigenvalue weighted by molar-refractivity contribution is 5.95. The Balaban J connectivity index is 1.40. The summed E-state index contributed by atoms with van der Waals surface area (Å²) in [5, 5.41) is 2.06. The van der Waals surface area contributed by atoms with E-state index in [2.05, 4.69) is 42.5 Å². The van der Waals surface area contributed by atoms with E-state index in [0.717, 1.165) is 55.4 Å². The molecule has 0 saturated carbocycles. The molecule has 0 bridgehead atoms. The van der Waals surface area contributed by atoms with Crippen molar-refractivity contribution in [2.24, 2.45) is 0 Å². The minimum absolute atomic E-state index is 0.675. The number of nitrogens with zero attached hydrogens (tertiary/aromatic N) is 4. The third-order valence-electron chi connectivity index (χ3n) is 6.68. The van der Waals surface area contributed by atoms with Gasteiger partial charge in [0.15, 0.2) is 11.6 Å². The summed E-state index contributed by atoms with van der Waals surface area (Å²) in [6, 6.07) is 45.0. The monoisotopic (exact) mass is 486 g/mol. The lowest BCUT2D eigenvalue weighted by Gasteiger charge is -2.11. The Hall–Kier alpha value is -5.22. The van der Waals surface area contributed by atoms with Gasteiger partial charge in [0, 0.05) is 33.0 Å². The molecule has 5 aromatic carbocycles. The maximum Gasteiger partial charge on any atom is 0.160 e. The van der Waals surface area contributed by atoms with Crippen molar-refractivity contribution in [3.05, 3.63) is 133 Å². The van der Waals surface area contributed by atoms with Gasteiger partial charge >= 0.3 is 0 Å². The number of hydrogen-bond donors (Lipinski definition) is 0. The molecule has 0 amide bonds. The fourth-order valence-corrected chi connectivity index (χ4v) is 4.84. The second kappa shape index (κ2) is 9.34. The van der Waals surface area contributed by atoms with Crippen molar-refractivity contribution in [1.82, 2.24) is 19.9 Å². The Bertz CT molecular complexity index is 1780. The first-order valence-electron chi connectivity index (χ1n) is 12.6. The van der Waals surface area contributed by atoms with E-state index in [1.807, 2.05) is 91.0 Å². The van der Waals surface area contributed by atoms with Crippen molar-refractivity contribution >= 4 is 21.8 Å². The Morgan fingerprint density at radius 1 is 0.316 bits per heavy atom. The largest absolute Gasteiger partial charge is 0.228 e. The van der Waals surface area contributed by atoms with Crippen molar-refractivity contribution in [2.45, 2.75) is 0 Å². The van der Waals surface area contributed by atoms with Gasteiger partial charge in [-0.05, 0) is 18.2 Å². The summed E-state index contributed by atoms with van der Waals surface area (Å²) in [5.41, 5.74) is 7.63. The molecule has 0 radical (unpaired) electrons. The highest BCUT2D eigenvalue weighted by Crippen LogP contribution is 2.32. The molecule has 7 rings (SSSR count). The van der Waals surface area contributed by atoms with Crippen LogP contribution < -0.4 is 0 Å². The number of benzene rings is 5. The molecule has 2 heterocycles. The first-order valence-corrected chi connectivity index (χ1v) is 12.6. The smallest absolute Gasteiger partial charge is 0.160 e. The van der Waals surface area contributed by atoms with Crippen LogP contribution in [0.3, 0.4) is 0 Å². The topological polar surface area (TPSA) is 51.6 Å². The normalized spacial score (nSPS) is 11.2. The molecule has 0 atom stereocenters. The van der Waals surface area contributed by atoms with E-state index >= 15 is 0 Å². The number of rotatable bonds is 4. The van der Waals surface area contributed by atoms with Gasteiger partial charge in [-0.2, -0.15) is 0 Å². The van der Waals surface area contributed by atoms with E-state index < -0.39 is 0 Å². The molecule has 0 aliphatic carbocycles. The molecule has 38 heavy (non-hydrogen) atoms. The minimum Gasteiger partial charge on any atom is -0.228 e. The number of fused-ring (bicyclic) bond motifs is 2. The van der Waals surface area contributed by atoms with Gasteiger partial charge in [-0.25, -0.2) is 19.9 Å². The van der Waals surface area contributed by atoms with Gasteiger partial charge in [0.1, 0.15) is 0 Å². The first-order chi connectivity index (χ1) is 18.8. The van der Waals surface area contributed by atoms with Crippen LogP contribution in [0, 0.1) is 0 Å². The van der Waals surface area contributed by atoms with E-state index in [4.69, 9.17) is 19.9 Å². The second-order valence-electron chi connectivity index (χ2n) is 9.14. The molecular formula is C34H22N4. The Labute approximate surface area is 220 Å². The summed E-state index contributed by atoms with van der Waals surface area (Å²) < 4.78 is 0. The molecule has 0 fully saturated rings. The van der Waals surface area contributed by atoms with Crippen molar-refractivity contribution in [1.29, 1.82) is 0 Å². The van der Waals surface area contributed by atoms with Crippen LogP contribution in [0.4, 0.5) is 0 Å². The quantitative estimate of drug-likeness (QED) is 0.251. The molecule has 4 heteroatoms. The molecular weight excluding hydrogens is 464 g/mol. The lowest BCUT2D eigenvalue weighted by atomic mass is 10.0. The second-order valence-corrected chi connectivity index (χ2v) is 9.14. The first kappa shape index (κ1) is 22.0. The average Bonchev–Trinajstić information content (AvgIpc) is 3.01. The molecule has 0 spiro atoms. The molecule has 0 N–H and O–H groups in total. The molecule has 0 saturated heterocycles. The van der Waals surface area contributed by atoms with Crippen molar-refractivity contribution < 1.29 is 0 Å². The fraction of sp³-hybridized carbons (Fsp3) is 0. The Morgan fingerprint density at radius 2 is 0.711 bits per heavy atom. The zero-order valence-corrected chi connectivity index (χ0v) is 20.5. The molecule has 178 valence electrons. The van der Waals surface area contributed by atoms with Crippen LogP contribution >= 0.6 is 0 Å². The molecule has 4 nitrogen and oxygen atoms in total. The fourth-order valence-electron chi connectivity index (χ4n) is 4.84. The van der Waals surface area contributed by atoms with Crippen molar-refractivity contribution in [2.75, 3.05) is 0 Å². The maximum atomic E-state index is 5.04. The predicted molar refractivity (Wildman–Crippen MR) is 154 cm³/mol. The lowest BCUT2D eigenvalue weighted by Crippen LogP contribution is -1.97. The van der Waals surface area contributed by atoms with Crippen LogP contribution in [0.15, 0.2) is 133 Å². The van der Waals surface area contributed by atoms with Crippen molar-refractivity contribution in [3.63, 3.8) is 0 Å². The van der Waals surface area contributed by atoms with E-state index in [-0.39, 0.29) is 0 Å². The molecule has 0 aliphatic rings. The van der Waals surface area contributed by atoms with E-state index in [1.54, 1.807) is 0 Å². The van der Waals surface area contributed by atoms with E-state index in [0.29, 0.717) is 11.6 Å². The maximum absolute atomic E-state index is 5.04. The third-order valence-corrected chi connectivity index (χ3v) is 6.68. The number of hydrogen-bond acceptors (Lipinski definition) is 4. The van der Waals surface area contributed by atoms with Crippen LogP contribution in [0.1, 0.15) is 0 Å². The molecule has 0 unspecified atom stereocenters. The van der Waals surface area contributed by atoms with Crippen LogP contribution in [0.25, 0.3) is 67.1 Å². The van der Waals surface area contributed by atoms with Crippen LogP contribution in [-0.4, -0.2) is 19.9 Å². The summed E-state index contributed by atoms with van der Waals surface area (Å²) in [6.07, 6.45) is 0. The predicted octanol–water partition coefficient (Wildman–Crippen LogP) is 8.24. The van der Waals surface area contributed by atoms with Gasteiger partial charge in [0.05, 0.1) is 22.4 Å². The summed E-state index contributed by atoms with van der Waals surface area (Å²) in [7, 11) is 0. The lowest BCUT2D eigenvalue weighted by molar-refractivity contribution is 1.21. The van der Waals surface area contributed by atoms with Gasteiger partial charge < -0.3 is 0 Å². The van der Waals surface area contributed by atoms with Gasteiger partial charge in [-0.15, -0.1) is 0 Å². The Morgan fingerprint density at radius 3 is 1.18 bits per heavy atom. The standard InChI is InChI=1S/C34H22N4/c1-3-12-23(13-4-1)31-27-18-7-9-20-29(27)35-33(37-31)25-16-11-17-26(22-25)34-36-30-21-10-8-19-28(30)32(38-34)24-14-5-2-6-15-24/h1-22H. The minimum atomic E-state index is 0.675. The average molecular weight is 487 g/mol. The van der Waals surface area contributed by atoms with Crippen molar-refractivity contribution in [3.8, 4) is 45.3 Å². The SMILES string of the molecule is c1ccc(-c2nc(-c3cccc(-c4nc(-c5ccccc5)c5ccccc5n4)c3)nc3ccccc23)cc1. The van der Waals surface area contributed by atoms with E-state index in [1.165, 1.54) is 0 Å².